The van der Waals surface area contributed by atoms with Crippen LogP contribution in [0.5, 0.6) is 0 Å². The molecule has 1 aromatic heterocycles. The van der Waals surface area contributed by atoms with Crippen molar-refractivity contribution in [1.82, 2.24) is 15.0 Å². The van der Waals surface area contributed by atoms with Gasteiger partial charge in [-0.15, -0.1) is 0 Å². The van der Waals surface area contributed by atoms with E-state index in [1.54, 1.807) is 36.4 Å². The van der Waals surface area contributed by atoms with Crippen molar-refractivity contribution in [2.45, 2.75) is 0 Å². The van der Waals surface area contributed by atoms with E-state index in [1.807, 2.05) is 0 Å². The lowest BCUT2D eigenvalue weighted by molar-refractivity contribution is 0.0125. The number of benzene rings is 1. The van der Waals surface area contributed by atoms with Crippen LogP contribution >= 0.6 is 0 Å². The molecule has 0 fully saturated rings. The van der Waals surface area contributed by atoms with Gasteiger partial charge in [0.25, 0.3) is 17.7 Å². The summed E-state index contributed by atoms with van der Waals surface area (Å²) in [7, 11) is 1.37. The maximum absolute atomic E-state index is 12.3. The van der Waals surface area contributed by atoms with E-state index in [9.17, 15) is 14.4 Å². The van der Waals surface area contributed by atoms with Crippen molar-refractivity contribution in [3.8, 4) is 0 Å². The van der Waals surface area contributed by atoms with Crippen LogP contribution in [0.3, 0.4) is 0 Å². The Labute approximate surface area is 120 Å². The molecule has 0 radical (unpaired) electrons. The van der Waals surface area contributed by atoms with Crippen LogP contribution in [0.2, 0.25) is 0 Å². The number of amides is 3. The first-order valence-electron chi connectivity index (χ1n) is 6.28. The van der Waals surface area contributed by atoms with Gasteiger partial charge in [0, 0.05) is 13.2 Å². The van der Waals surface area contributed by atoms with Crippen LogP contribution in [-0.4, -0.2) is 39.8 Å². The number of fused-ring (bicyclic) bond motifs is 1. The smallest absolute Gasteiger partial charge is 0.267 e. The standard InChI is InChI=1S/C15H11N3O3/c1-17(15(21)12-8-4-5-9-16-12)18-13(19)10-6-2-3-7-11(10)14(18)20/h2-9H,1H3. The van der Waals surface area contributed by atoms with Gasteiger partial charge in [0.1, 0.15) is 5.69 Å². The van der Waals surface area contributed by atoms with E-state index in [1.165, 1.54) is 19.3 Å². The highest BCUT2D eigenvalue weighted by Gasteiger charge is 2.40. The van der Waals surface area contributed by atoms with Gasteiger partial charge in [-0.1, -0.05) is 18.2 Å². The molecule has 3 rings (SSSR count). The Morgan fingerprint density at radius 1 is 1.00 bits per heavy atom. The van der Waals surface area contributed by atoms with Crippen LogP contribution in [-0.2, 0) is 0 Å². The van der Waals surface area contributed by atoms with Gasteiger partial charge < -0.3 is 0 Å². The molecule has 0 saturated heterocycles. The first-order valence-corrected chi connectivity index (χ1v) is 6.28. The summed E-state index contributed by atoms with van der Waals surface area (Å²) in [5.74, 6) is -1.55. The van der Waals surface area contributed by atoms with E-state index in [-0.39, 0.29) is 5.69 Å². The molecule has 0 N–H and O–H groups in total. The van der Waals surface area contributed by atoms with Gasteiger partial charge >= 0.3 is 0 Å². The monoisotopic (exact) mass is 281 g/mol. The maximum atomic E-state index is 12.3. The van der Waals surface area contributed by atoms with Crippen molar-refractivity contribution in [3.63, 3.8) is 0 Å². The zero-order chi connectivity index (χ0) is 15.0. The van der Waals surface area contributed by atoms with Crippen molar-refractivity contribution < 1.29 is 14.4 Å². The third-order valence-corrected chi connectivity index (χ3v) is 3.25. The lowest BCUT2D eigenvalue weighted by atomic mass is 10.1. The summed E-state index contributed by atoms with van der Waals surface area (Å²) in [6, 6.07) is 11.3. The largest absolute Gasteiger partial charge is 0.291 e. The average molecular weight is 281 g/mol. The molecule has 0 spiro atoms. The highest BCUT2D eigenvalue weighted by molar-refractivity contribution is 6.21. The molecule has 0 saturated carbocycles. The fraction of sp³-hybridized carbons (Fsp3) is 0.0667. The van der Waals surface area contributed by atoms with E-state index in [0.717, 1.165) is 10.0 Å². The quantitative estimate of drug-likeness (QED) is 0.779. The Morgan fingerprint density at radius 2 is 1.57 bits per heavy atom. The van der Waals surface area contributed by atoms with Gasteiger partial charge in [-0.2, -0.15) is 5.01 Å². The normalized spacial score (nSPS) is 13.3. The zero-order valence-electron chi connectivity index (χ0n) is 11.2. The minimum absolute atomic E-state index is 0.163. The minimum atomic E-state index is -0.523. The highest BCUT2D eigenvalue weighted by Crippen LogP contribution is 2.24. The summed E-state index contributed by atoms with van der Waals surface area (Å²) in [6.45, 7) is 0. The van der Waals surface area contributed by atoms with Gasteiger partial charge in [-0.3, -0.25) is 19.4 Å². The topological polar surface area (TPSA) is 70.6 Å². The Balaban J connectivity index is 1.94. The number of pyridine rings is 1. The summed E-state index contributed by atoms with van der Waals surface area (Å²) >= 11 is 0. The number of rotatable bonds is 2. The predicted molar refractivity (Wildman–Crippen MR) is 73.3 cm³/mol. The van der Waals surface area contributed by atoms with Crippen LogP contribution in [0.15, 0.2) is 48.7 Å². The summed E-state index contributed by atoms with van der Waals surface area (Å²) in [6.07, 6.45) is 1.48. The van der Waals surface area contributed by atoms with E-state index in [2.05, 4.69) is 4.98 Å². The predicted octanol–water partition coefficient (Wildman–Crippen LogP) is 1.36. The zero-order valence-corrected chi connectivity index (χ0v) is 11.2. The summed E-state index contributed by atoms with van der Waals surface area (Å²) in [4.78, 5) is 40.8. The van der Waals surface area contributed by atoms with Crippen LogP contribution in [0.25, 0.3) is 0 Å². The van der Waals surface area contributed by atoms with Crippen LogP contribution in [0, 0.1) is 0 Å². The number of aromatic nitrogens is 1. The number of nitrogens with zero attached hydrogens (tertiary/aromatic N) is 3. The van der Waals surface area contributed by atoms with E-state index < -0.39 is 17.7 Å². The molecular weight excluding hydrogens is 270 g/mol. The fourth-order valence-corrected chi connectivity index (χ4v) is 2.19. The average Bonchev–Trinajstić information content (AvgIpc) is 2.79. The van der Waals surface area contributed by atoms with Crippen molar-refractivity contribution in [1.29, 1.82) is 0 Å². The van der Waals surface area contributed by atoms with Gasteiger partial charge in [-0.25, -0.2) is 5.01 Å². The molecule has 6 heteroatoms. The Hall–Kier alpha value is -3.02. The molecule has 6 nitrogen and oxygen atoms in total. The lowest BCUT2D eigenvalue weighted by Crippen LogP contribution is -2.47. The second kappa shape index (κ2) is 4.82. The fourth-order valence-electron chi connectivity index (χ4n) is 2.19. The second-order valence-electron chi connectivity index (χ2n) is 4.51. The third-order valence-electron chi connectivity index (χ3n) is 3.25. The Morgan fingerprint density at radius 3 is 2.10 bits per heavy atom. The molecule has 0 unspecified atom stereocenters. The van der Waals surface area contributed by atoms with Crippen molar-refractivity contribution in [2.24, 2.45) is 0 Å². The van der Waals surface area contributed by atoms with E-state index in [0.29, 0.717) is 11.1 Å². The highest BCUT2D eigenvalue weighted by atomic mass is 16.2. The maximum Gasteiger partial charge on any atom is 0.291 e. The summed E-state index contributed by atoms with van der Waals surface area (Å²) in [5.41, 5.74) is 0.753. The van der Waals surface area contributed by atoms with Crippen molar-refractivity contribution >= 4 is 17.7 Å². The van der Waals surface area contributed by atoms with Gasteiger partial charge in [0.15, 0.2) is 0 Å². The van der Waals surface area contributed by atoms with Crippen molar-refractivity contribution in [3.05, 3.63) is 65.5 Å². The summed E-state index contributed by atoms with van der Waals surface area (Å²) in [5, 5.41) is 1.83. The molecule has 2 aromatic rings. The molecule has 1 aliphatic rings. The van der Waals surface area contributed by atoms with Gasteiger partial charge in [0.05, 0.1) is 11.1 Å². The van der Waals surface area contributed by atoms with Gasteiger partial charge in [0.2, 0.25) is 0 Å². The second-order valence-corrected chi connectivity index (χ2v) is 4.51. The number of hydrogen-bond donors (Lipinski definition) is 0. The minimum Gasteiger partial charge on any atom is -0.267 e. The molecule has 1 aliphatic heterocycles. The molecule has 104 valence electrons. The first-order chi connectivity index (χ1) is 10.1. The number of carbonyl (C=O) groups excluding carboxylic acids is 3. The molecule has 0 bridgehead atoms. The number of carbonyl (C=O) groups is 3. The first kappa shape index (κ1) is 13.0. The third kappa shape index (κ3) is 1.97. The molecule has 3 amide bonds. The SMILES string of the molecule is CN(C(=O)c1ccccn1)N1C(=O)c2ccccc2C1=O. The number of hydrazine groups is 1. The van der Waals surface area contributed by atoms with E-state index in [4.69, 9.17) is 0 Å². The van der Waals surface area contributed by atoms with Crippen LogP contribution in [0.1, 0.15) is 31.2 Å². The molecule has 0 aliphatic carbocycles. The van der Waals surface area contributed by atoms with Gasteiger partial charge in [-0.05, 0) is 24.3 Å². The Kier molecular flexibility index (Phi) is 2.98. The van der Waals surface area contributed by atoms with Crippen molar-refractivity contribution in [2.75, 3.05) is 7.05 Å². The summed E-state index contributed by atoms with van der Waals surface area (Å²) < 4.78 is 0. The molecule has 2 heterocycles. The Bertz CT molecular complexity index is 708. The van der Waals surface area contributed by atoms with E-state index >= 15 is 0 Å². The molecular formula is C15H11N3O3. The lowest BCUT2D eigenvalue weighted by Gasteiger charge is -2.25. The van der Waals surface area contributed by atoms with Crippen LogP contribution in [0.4, 0.5) is 0 Å². The number of imide groups is 1. The van der Waals surface area contributed by atoms with Crippen LogP contribution < -0.4 is 0 Å². The molecule has 1 aromatic carbocycles. The molecule has 0 atom stereocenters. The number of hydrogen-bond acceptors (Lipinski definition) is 4. The molecule has 21 heavy (non-hydrogen) atoms.